The molecule has 0 fully saturated rings. The first-order valence-electron chi connectivity index (χ1n) is 7.95. The van der Waals surface area contributed by atoms with E-state index >= 15 is 0 Å². The predicted octanol–water partition coefficient (Wildman–Crippen LogP) is 3.43. The van der Waals surface area contributed by atoms with Crippen molar-refractivity contribution in [2.24, 2.45) is 0 Å². The minimum atomic E-state index is 0.0352. The van der Waals surface area contributed by atoms with Crippen LogP contribution in [0.1, 0.15) is 22.9 Å². The maximum Gasteiger partial charge on any atom is 0.226 e. The third-order valence-electron chi connectivity index (χ3n) is 4.58. The second kappa shape index (κ2) is 6.24. The molecule has 2 atom stereocenters. The average Bonchev–Trinajstić information content (AvgIpc) is 3.16. The van der Waals surface area contributed by atoms with Crippen molar-refractivity contribution in [1.82, 2.24) is 15.6 Å². The molecule has 0 saturated heterocycles. The number of rotatable bonds is 4. The fourth-order valence-corrected chi connectivity index (χ4v) is 4.71. The molecule has 6 heteroatoms. The lowest BCUT2D eigenvalue weighted by Gasteiger charge is -2.21. The monoisotopic (exact) mass is 359 g/mol. The summed E-state index contributed by atoms with van der Waals surface area (Å²) < 4.78 is 0.757. The lowest BCUT2D eigenvalue weighted by atomic mass is 10.1. The molecule has 1 aliphatic rings. The van der Waals surface area contributed by atoms with Crippen molar-refractivity contribution in [1.29, 1.82) is 0 Å². The third-order valence-corrected chi connectivity index (χ3v) is 5.77. The molecule has 4 rings (SSSR count). The molecule has 3 aromatic rings. The number of nitrogens with one attached hydrogen (secondary N) is 3. The normalized spacial score (nSPS) is 19.6. The number of H-pyrrole nitrogens is 1. The molecule has 24 heavy (non-hydrogen) atoms. The van der Waals surface area contributed by atoms with Gasteiger partial charge < -0.3 is 15.6 Å². The molecule has 1 amide bonds. The maximum absolute atomic E-state index is 12.5. The molecule has 0 unspecified atom stereocenters. The van der Waals surface area contributed by atoms with E-state index in [1.807, 2.05) is 31.3 Å². The summed E-state index contributed by atoms with van der Waals surface area (Å²) in [5.41, 5.74) is 3.50. The quantitative estimate of drug-likeness (QED) is 0.668. The number of amides is 1. The van der Waals surface area contributed by atoms with Gasteiger partial charge in [0.2, 0.25) is 5.91 Å². The van der Waals surface area contributed by atoms with Gasteiger partial charge in [-0.1, -0.05) is 35.9 Å². The van der Waals surface area contributed by atoms with Gasteiger partial charge in [0.05, 0.1) is 22.8 Å². The summed E-state index contributed by atoms with van der Waals surface area (Å²) >= 11 is 7.48. The number of aromatic nitrogens is 1. The number of benzene rings is 1. The van der Waals surface area contributed by atoms with Crippen LogP contribution in [0.15, 0.2) is 36.4 Å². The van der Waals surface area contributed by atoms with Crippen molar-refractivity contribution >= 4 is 39.1 Å². The van der Waals surface area contributed by atoms with Gasteiger partial charge in [-0.05, 0) is 36.7 Å². The van der Waals surface area contributed by atoms with Crippen molar-refractivity contribution < 1.29 is 4.79 Å². The number of carbonyl (C=O) groups excluding carboxylic acids is 1. The van der Waals surface area contributed by atoms with E-state index < -0.39 is 0 Å². The fourth-order valence-electron chi connectivity index (χ4n) is 3.56. The lowest BCUT2D eigenvalue weighted by Crippen LogP contribution is -2.42. The molecule has 1 aliphatic carbocycles. The van der Waals surface area contributed by atoms with Gasteiger partial charge in [0.1, 0.15) is 4.83 Å². The SMILES string of the molecule is CN[C@@H]1c2ccccc2C[C@H]1NC(=O)Cc1cc2cc(Cl)sc2[nH]1. The lowest BCUT2D eigenvalue weighted by molar-refractivity contribution is -0.121. The molecule has 124 valence electrons. The first kappa shape index (κ1) is 15.7. The standard InChI is InChI=1S/C18H18ClN3OS/c1-20-17-13-5-3-2-4-10(13)7-14(17)22-16(23)9-12-6-11-8-15(19)24-18(11)21-12/h2-6,8,14,17,20-21H,7,9H2,1H3,(H,22,23)/t14-,17-/m1/s1. The Morgan fingerprint density at radius 2 is 2.21 bits per heavy atom. The Morgan fingerprint density at radius 1 is 1.38 bits per heavy atom. The van der Waals surface area contributed by atoms with E-state index in [9.17, 15) is 4.79 Å². The molecule has 1 aromatic carbocycles. The van der Waals surface area contributed by atoms with E-state index in [-0.39, 0.29) is 18.0 Å². The number of carbonyl (C=O) groups is 1. The molecular weight excluding hydrogens is 342 g/mol. The largest absolute Gasteiger partial charge is 0.351 e. The molecule has 0 aliphatic heterocycles. The summed E-state index contributed by atoms with van der Waals surface area (Å²) in [4.78, 5) is 16.8. The Hall–Kier alpha value is -1.82. The zero-order valence-electron chi connectivity index (χ0n) is 13.2. The summed E-state index contributed by atoms with van der Waals surface area (Å²) in [6.07, 6.45) is 1.21. The van der Waals surface area contributed by atoms with Gasteiger partial charge in [-0.25, -0.2) is 0 Å². The highest BCUT2D eigenvalue weighted by atomic mass is 35.5. The summed E-state index contributed by atoms with van der Waals surface area (Å²) in [5.74, 6) is 0.0352. The van der Waals surface area contributed by atoms with E-state index in [1.165, 1.54) is 22.5 Å². The van der Waals surface area contributed by atoms with Crippen LogP contribution in [0.3, 0.4) is 0 Å². The van der Waals surface area contributed by atoms with Gasteiger partial charge in [0.25, 0.3) is 0 Å². The maximum atomic E-state index is 12.5. The Labute approximate surface area is 149 Å². The van der Waals surface area contributed by atoms with Crippen molar-refractivity contribution in [3.8, 4) is 0 Å². The van der Waals surface area contributed by atoms with Gasteiger partial charge >= 0.3 is 0 Å². The molecule has 2 heterocycles. The topological polar surface area (TPSA) is 56.9 Å². The van der Waals surface area contributed by atoms with Crippen LogP contribution in [0, 0.1) is 0 Å². The van der Waals surface area contributed by atoms with Gasteiger partial charge in [-0.15, -0.1) is 11.3 Å². The minimum Gasteiger partial charge on any atom is -0.351 e. The van der Waals surface area contributed by atoms with Gasteiger partial charge in [-0.3, -0.25) is 4.79 Å². The molecule has 2 aromatic heterocycles. The van der Waals surface area contributed by atoms with Crippen LogP contribution in [0.4, 0.5) is 0 Å². The van der Waals surface area contributed by atoms with E-state index in [0.29, 0.717) is 6.42 Å². The van der Waals surface area contributed by atoms with Crippen LogP contribution in [0.2, 0.25) is 4.34 Å². The Morgan fingerprint density at radius 3 is 3.00 bits per heavy atom. The second-order valence-electron chi connectivity index (χ2n) is 6.15. The van der Waals surface area contributed by atoms with Crippen LogP contribution in [0.25, 0.3) is 10.2 Å². The highest BCUT2D eigenvalue weighted by molar-refractivity contribution is 7.22. The third kappa shape index (κ3) is 2.83. The number of hydrogen-bond acceptors (Lipinski definition) is 3. The van der Waals surface area contributed by atoms with Gasteiger partial charge in [0, 0.05) is 11.1 Å². The molecule has 0 spiro atoms. The molecule has 0 bridgehead atoms. The highest BCUT2D eigenvalue weighted by Crippen LogP contribution is 2.31. The summed E-state index contributed by atoms with van der Waals surface area (Å²) in [6.45, 7) is 0. The number of aromatic amines is 1. The molecule has 3 N–H and O–H groups in total. The summed E-state index contributed by atoms with van der Waals surface area (Å²) in [6, 6.07) is 12.5. The summed E-state index contributed by atoms with van der Waals surface area (Å²) in [5, 5.41) is 7.57. The molecular formula is C18H18ClN3OS. The van der Waals surface area contributed by atoms with Crippen molar-refractivity contribution in [2.45, 2.75) is 24.9 Å². The van der Waals surface area contributed by atoms with Gasteiger partial charge in [0.15, 0.2) is 0 Å². The van der Waals surface area contributed by atoms with Crippen molar-refractivity contribution in [3.63, 3.8) is 0 Å². The first-order valence-corrected chi connectivity index (χ1v) is 9.15. The predicted molar refractivity (Wildman–Crippen MR) is 98.8 cm³/mol. The first-order chi connectivity index (χ1) is 11.6. The number of fused-ring (bicyclic) bond motifs is 2. The Kier molecular flexibility index (Phi) is 4.08. The number of likely N-dealkylation sites (N-methyl/N-ethyl adjacent to an activating group) is 1. The minimum absolute atomic E-state index is 0.0352. The van der Waals surface area contributed by atoms with E-state index in [0.717, 1.165) is 26.7 Å². The highest BCUT2D eigenvalue weighted by Gasteiger charge is 2.32. The molecule has 0 saturated carbocycles. The van der Waals surface area contributed by atoms with Crippen LogP contribution >= 0.6 is 22.9 Å². The van der Waals surface area contributed by atoms with Crippen LogP contribution in [0.5, 0.6) is 0 Å². The number of thiophene rings is 1. The summed E-state index contributed by atoms with van der Waals surface area (Å²) in [7, 11) is 1.94. The van der Waals surface area contributed by atoms with Crippen LogP contribution in [-0.4, -0.2) is 24.0 Å². The van der Waals surface area contributed by atoms with E-state index in [2.05, 4.69) is 27.8 Å². The molecule has 4 nitrogen and oxygen atoms in total. The zero-order chi connectivity index (χ0) is 16.7. The van der Waals surface area contributed by atoms with Crippen LogP contribution in [-0.2, 0) is 17.6 Å². The Bertz CT molecular complexity index is 869. The van der Waals surface area contributed by atoms with Crippen molar-refractivity contribution in [2.75, 3.05) is 7.05 Å². The fraction of sp³-hybridized carbons (Fsp3) is 0.278. The second-order valence-corrected chi connectivity index (χ2v) is 7.83. The van der Waals surface area contributed by atoms with E-state index in [1.54, 1.807) is 0 Å². The smallest absolute Gasteiger partial charge is 0.226 e. The van der Waals surface area contributed by atoms with Crippen LogP contribution < -0.4 is 10.6 Å². The average molecular weight is 360 g/mol. The molecule has 0 radical (unpaired) electrons. The number of hydrogen-bond donors (Lipinski definition) is 3. The zero-order valence-corrected chi connectivity index (χ0v) is 14.8. The Balaban J connectivity index is 1.45. The van der Waals surface area contributed by atoms with E-state index in [4.69, 9.17) is 11.6 Å². The van der Waals surface area contributed by atoms with Crippen molar-refractivity contribution in [3.05, 3.63) is 57.6 Å². The number of halogens is 1. The van der Waals surface area contributed by atoms with Gasteiger partial charge in [-0.2, -0.15) is 0 Å².